The van der Waals surface area contributed by atoms with Crippen molar-refractivity contribution in [3.05, 3.63) is 12.2 Å². The molecule has 1 aliphatic rings. The molecule has 1 aliphatic heterocycles. The van der Waals surface area contributed by atoms with E-state index in [4.69, 9.17) is 0 Å². The molecule has 0 atom stereocenters. The van der Waals surface area contributed by atoms with Crippen LogP contribution in [-0.2, 0) is 20.5 Å². The van der Waals surface area contributed by atoms with Crippen molar-refractivity contribution < 1.29 is 22.8 Å². The summed E-state index contributed by atoms with van der Waals surface area (Å²) in [6.45, 7) is 6.43. The summed E-state index contributed by atoms with van der Waals surface area (Å²) >= 11 is 0.714. The summed E-state index contributed by atoms with van der Waals surface area (Å²) in [6, 6.07) is 0. The van der Waals surface area contributed by atoms with E-state index in [0.29, 0.717) is 42.5 Å². The number of alkyl halides is 3. The van der Waals surface area contributed by atoms with Gasteiger partial charge in [-0.05, 0) is 6.92 Å². The standard InChI is InChI=1S/C13H18F3O2S2/c1-4-10(17)20-7-5-12(3,6-8-20)19-11(18)9(2)13(14,15)16/h2,4-8H2,1,3H3/q+1. The van der Waals surface area contributed by atoms with Crippen molar-refractivity contribution in [1.29, 1.82) is 0 Å². The molecule has 0 aromatic carbocycles. The molecule has 1 fully saturated rings. The Bertz CT molecular complexity index is 410. The van der Waals surface area contributed by atoms with E-state index < -0.39 is 21.6 Å². The van der Waals surface area contributed by atoms with Gasteiger partial charge >= 0.3 is 11.3 Å². The highest BCUT2D eigenvalue weighted by molar-refractivity contribution is 8.15. The first kappa shape index (κ1) is 17.6. The Morgan fingerprint density at radius 3 is 2.20 bits per heavy atom. The lowest BCUT2D eigenvalue weighted by Crippen LogP contribution is -2.38. The van der Waals surface area contributed by atoms with Crippen molar-refractivity contribution in [2.75, 3.05) is 11.5 Å². The van der Waals surface area contributed by atoms with Crippen LogP contribution in [-0.4, -0.2) is 32.7 Å². The van der Waals surface area contributed by atoms with Crippen LogP contribution in [0.1, 0.15) is 33.1 Å². The molecule has 0 saturated carbocycles. The Labute approximate surface area is 123 Å². The molecular weight excluding hydrogens is 309 g/mol. The Kier molecular flexibility index (Phi) is 5.78. The third-order valence-electron chi connectivity index (χ3n) is 3.29. The van der Waals surface area contributed by atoms with Gasteiger partial charge in [-0.3, -0.25) is 4.79 Å². The molecule has 0 radical (unpaired) electrons. The zero-order valence-corrected chi connectivity index (χ0v) is 13.1. The molecule has 20 heavy (non-hydrogen) atoms. The van der Waals surface area contributed by atoms with Crippen molar-refractivity contribution in [1.82, 2.24) is 0 Å². The first-order chi connectivity index (χ1) is 9.09. The van der Waals surface area contributed by atoms with E-state index in [1.807, 2.05) is 6.92 Å². The van der Waals surface area contributed by atoms with Crippen molar-refractivity contribution >= 4 is 32.9 Å². The van der Waals surface area contributed by atoms with Gasteiger partial charge in [0.25, 0.3) is 0 Å². The maximum Gasteiger partial charge on any atom is 0.420 e. The van der Waals surface area contributed by atoms with Crippen LogP contribution in [0.2, 0.25) is 0 Å². The Balaban J connectivity index is 2.59. The topological polar surface area (TPSA) is 34.1 Å². The SMILES string of the molecule is C=C(C(=O)SC1(C)CC[S+](C(=O)CC)CC1)C(F)(F)F. The third kappa shape index (κ3) is 4.55. The average Bonchev–Trinajstić information content (AvgIpc) is 2.36. The second-order valence-electron chi connectivity index (χ2n) is 4.94. The minimum atomic E-state index is -4.67. The molecule has 1 saturated heterocycles. The molecule has 1 rings (SSSR count). The number of carbonyl (C=O) groups is 2. The molecule has 7 heteroatoms. The largest absolute Gasteiger partial charge is 0.420 e. The number of hydrogen-bond acceptors (Lipinski definition) is 3. The summed E-state index contributed by atoms with van der Waals surface area (Å²) in [6.07, 6.45) is -3.00. The molecule has 0 aromatic heterocycles. The van der Waals surface area contributed by atoms with Gasteiger partial charge in [-0.25, -0.2) is 4.79 Å². The minimum absolute atomic E-state index is 0.225. The van der Waals surface area contributed by atoms with Crippen molar-refractivity contribution in [2.24, 2.45) is 0 Å². The Hall–Kier alpha value is -0.430. The maximum atomic E-state index is 12.4. The Morgan fingerprint density at radius 2 is 1.80 bits per heavy atom. The molecule has 0 spiro atoms. The minimum Gasteiger partial charge on any atom is -0.282 e. The van der Waals surface area contributed by atoms with E-state index in [2.05, 4.69) is 6.58 Å². The number of rotatable bonds is 3. The number of halogens is 3. The van der Waals surface area contributed by atoms with Crippen LogP contribution in [0.5, 0.6) is 0 Å². The van der Waals surface area contributed by atoms with Gasteiger partial charge in [0.05, 0.1) is 17.3 Å². The van der Waals surface area contributed by atoms with E-state index in [0.717, 1.165) is 0 Å². The van der Waals surface area contributed by atoms with E-state index in [9.17, 15) is 22.8 Å². The second-order valence-corrected chi connectivity index (χ2v) is 8.76. The van der Waals surface area contributed by atoms with Crippen LogP contribution >= 0.6 is 11.8 Å². The van der Waals surface area contributed by atoms with Gasteiger partial charge < -0.3 is 0 Å². The lowest BCUT2D eigenvalue weighted by molar-refractivity contribution is -0.121. The van der Waals surface area contributed by atoms with Gasteiger partial charge in [0.1, 0.15) is 17.1 Å². The van der Waals surface area contributed by atoms with Crippen LogP contribution in [0.15, 0.2) is 12.2 Å². The van der Waals surface area contributed by atoms with Crippen LogP contribution < -0.4 is 0 Å². The van der Waals surface area contributed by atoms with Gasteiger partial charge in [-0.2, -0.15) is 13.2 Å². The van der Waals surface area contributed by atoms with Crippen molar-refractivity contribution in [3.63, 3.8) is 0 Å². The number of thioether (sulfide) groups is 1. The Morgan fingerprint density at radius 1 is 1.30 bits per heavy atom. The normalized spacial score (nSPS) is 27.1. The van der Waals surface area contributed by atoms with Gasteiger partial charge in [0.2, 0.25) is 5.12 Å². The van der Waals surface area contributed by atoms with Gasteiger partial charge in [0, 0.05) is 17.6 Å². The summed E-state index contributed by atoms with van der Waals surface area (Å²) < 4.78 is 36.7. The number of hydrogen-bond donors (Lipinski definition) is 0. The predicted octanol–water partition coefficient (Wildman–Crippen LogP) is 3.47. The molecule has 0 aromatic rings. The molecule has 2 nitrogen and oxygen atoms in total. The highest BCUT2D eigenvalue weighted by Crippen LogP contribution is 2.41. The molecular formula is C13H18F3O2S2+. The molecule has 0 unspecified atom stereocenters. The van der Waals surface area contributed by atoms with Crippen LogP contribution in [0.25, 0.3) is 0 Å². The summed E-state index contributed by atoms with van der Waals surface area (Å²) in [7, 11) is -0.287. The molecule has 0 aliphatic carbocycles. The van der Waals surface area contributed by atoms with Gasteiger partial charge in [-0.15, -0.1) is 0 Å². The van der Waals surface area contributed by atoms with Crippen molar-refractivity contribution in [3.8, 4) is 0 Å². The zero-order valence-electron chi connectivity index (χ0n) is 11.5. The highest BCUT2D eigenvalue weighted by atomic mass is 32.2. The molecule has 0 bridgehead atoms. The lowest BCUT2D eigenvalue weighted by Gasteiger charge is -2.31. The fraction of sp³-hybridized carbons (Fsp3) is 0.692. The highest BCUT2D eigenvalue weighted by Gasteiger charge is 2.44. The monoisotopic (exact) mass is 327 g/mol. The molecule has 1 heterocycles. The van der Waals surface area contributed by atoms with Crippen LogP contribution in [0.3, 0.4) is 0 Å². The second kappa shape index (κ2) is 6.56. The fourth-order valence-electron chi connectivity index (χ4n) is 1.84. The first-order valence-electron chi connectivity index (χ1n) is 6.29. The summed E-state index contributed by atoms with van der Waals surface area (Å²) in [5.74, 6) is 1.34. The molecule has 0 amide bonds. The zero-order chi connectivity index (χ0) is 15.6. The van der Waals surface area contributed by atoms with Crippen LogP contribution in [0, 0.1) is 0 Å². The average molecular weight is 327 g/mol. The predicted molar refractivity (Wildman–Crippen MR) is 77.8 cm³/mol. The first-order valence-corrected chi connectivity index (χ1v) is 8.67. The van der Waals surface area contributed by atoms with Gasteiger partial charge in [-0.1, -0.05) is 25.3 Å². The van der Waals surface area contributed by atoms with Crippen molar-refractivity contribution in [2.45, 2.75) is 44.0 Å². The lowest BCUT2D eigenvalue weighted by atomic mass is 10.1. The smallest absolute Gasteiger partial charge is 0.282 e. The summed E-state index contributed by atoms with van der Waals surface area (Å²) in [5, 5.41) is -0.785. The van der Waals surface area contributed by atoms with E-state index in [1.165, 1.54) is 0 Å². The summed E-state index contributed by atoms with van der Waals surface area (Å²) in [5.41, 5.74) is -1.31. The van der Waals surface area contributed by atoms with E-state index >= 15 is 0 Å². The molecule has 114 valence electrons. The van der Waals surface area contributed by atoms with Gasteiger partial charge in [0.15, 0.2) is 0 Å². The van der Waals surface area contributed by atoms with E-state index in [-0.39, 0.29) is 16.0 Å². The van der Waals surface area contributed by atoms with Crippen LogP contribution in [0.4, 0.5) is 13.2 Å². The summed E-state index contributed by atoms with van der Waals surface area (Å²) in [4.78, 5) is 23.2. The van der Waals surface area contributed by atoms with E-state index in [1.54, 1.807) is 6.92 Å². The maximum absolute atomic E-state index is 12.4. The number of carbonyl (C=O) groups excluding carboxylic acids is 2. The third-order valence-corrected chi connectivity index (χ3v) is 6.95. The fourth-order valence-corrected chi connectivity index (χ4v) is 5.65. The molecule has 0 N–H and O–H groups in total. The quantitative estimate of drug-likeness (QED) is 0.588.